The molecule has 2 unspecified atom stereocenters. The molecular weight excluding hydrogens is 496 g/mol. The van der Waals surface area contributed by atoms with Gasteiger partial charge in [0.25, 0.3) is 0 Å². The summed E-state index contributed by atoms with van der Waals surface area (Å²) in [5.41, 5.74) is 5.59. The summed E-state index contributed by atoms with van der Waals surface area (Å²) in [7, 11) is 0. The van der Waals surface area contributed by atoms with Gasteiger partial charge in [0, 0.05) is 23.3 Å². The summed E-state index contributed by atoms with van der Waals surface area (Å²) in [6, 6.07) is 22.6. The molecule has 0 radical (unpaired) electrons. The first kappa shape index (κ1) is 25.5. The second-order valence-electron chi connectivity index (χ2n) is 9.64. The molecule has 0 aliphatic carbocycles. The monoisotopic (exact) mass is 526 g/mol. The van der Waals surface area contributed by atoms with E-state index in [1.807, 2.05) is 86.9 Å². The Morgan fingerprint density at radius 2 is 1.76 bits per heavy atom. The number of para-hydroxylation sites is 1. The quantitative estimate of drug-likeness (QED) is 0.280. The van der Waals surface area contributed by atoms with Crippen molar-refractivity contribution in [2.75, 3.05) is 4.90 Å². The molecule has 0 amide bonds. The topological polar surface area (TPSA) is 79.6 Å². The number of rotatable bonds is 7. The summed E-state index contributed by atoms with van der Waals surface area (Å²) in [5, 5.41) is 13.9. The molecule has 2 N–H and O–H groups in total. The van der Waals surface area contributed by atoms with E-state index in [-0.39, 0.29) is 23.8 Å². The van der Waals surface area contributed by atoms with Crippen LogP contribution in [0.3, 0.4) is 0 Å². The van der Waals surface area contributed by atoms with Gasteiger partial charge in [-0.2, -0.15) is 0 Å². The normalized spacial score (nSPS) is 17.1. The summed E-state index contributed by atoms with van der Waals surface area (Å²) in [6.45, 7) is 8.02. The summed E-state index contributed by atoms with van der Waals surface area (Å²) in [4.78, 5) is 18.8. The van der Waals surface area contributed by atoms with Crippen LogP contribution >= 0.6 is 12.2 Å². The van der Waals surface area contributed by atoms with Gasteiger partial charge in [0.15, 0.2) is 5.11 Å². The van der Waals surface area contributed by atoms with Gasteiger partial charge in [0.1, 0.15) is 5.75 Å². The highest BCUT2D eigenvalue weighted by Gasteiger charge is 2.42. The number of anilines is 1. The van der Waals surface area contributed by atoms with Crippen LogP contribution in [0, 0.1) is 13.8 Å². The van der Waals surface area contributed by atoms with Gasteiger partial charge in [-0.05, 0) is 100 Å². The number of thiocarbonyl (C=S) groups is 1. The van der Waals surface area contributed by atoms with Gasteiger partial charge in [0.05, 0.1) is 35.1 Å². The maximum atomic E-state index is 12.0. The predicted octanol–water partition coefficient (Wildman–Crippen LogP) is 6.15. The van der Waals surface area contributed by atoms with Crippen molar-refractivity contribution in [1.82, 2.24) is 14.9 Å². The fraction of sp³-hybridized carbons (Fsp3) is 0.233. The van der Waals surface area contributed by atoms with Crippen LogP contribution in [0.15, 0.2) is 79.0 Å². The van der Waals surface area contributed by atoms with Crippen LogP contribution in [0.1, 0.15) is 58.9 Å². The molecule has 5 rings (SSSR count). The smallest absolute Gasteiger partial charge is 0.337 e. The first-order valence-electron chi connectivity index (χ1n) is 12.5. The maximum absolute atomic E-state index is 12.0. The van der Waals surface area contributed by atoms with E-state index in [9.17, 15) is 9.90 Å². The highest BCUT2D eigenvalue weighted by molar-refractivity contribution is 7.80. The Morgan fingerprint density at radius 3 is 2.42 bits per heavy atom. The zero-order chi connectivity index (χ0) is 27.0. The van der Waals surface area contributed by atoms with Crippen LogP contribution in [-0.2, 0) is 0 Å². The van der Waals surface area contributed by atoms with E-state index < -0.39 is 5.97 Å². The third-order valence-electron chi connectivity index (χ3n) is 6.75. The molecule has 7 nitrogen and oxygen atoms in total. The molecule has 2 aromatic carbocycles. The van der Waals surface area contributed by atoms with Crippen molar-refractivity contribution >= 4 is 29.0 Å². The van der Waals surface area contributed by atoms with Crippen LogP contribution in [0.2, 0.25) is 0 Å². The third-order valence-corrected chi connectivity index (χ3v) is 7.06. The standard InChI is InChI=1S/C30H30N4O3S/c1-18(2)37-22-14-12-21(13-15-22)34-28(27(32-30(34)38)25-10-7-8-16-31-25)24-17-19(3)33(20(24)4)26-11-6-5-9-23(26)29(35)36/h5-18,27-28H,1-4H3,(H,32,38)(H,35,36). The first-order chi connectivity index (χ1) is 18.3. The van der Waals surface area contributed by atoms with Crippen LogP contribution in [0.5, 0.6) is 5.75 Å². The van der Waals surface area contributed by atoms with Crippen LogP contribution < -0.4 is 15.0 Å². The van der Waals surface area contributed by atoms with Crippen molar-refractivity contribution in [3.8, 4) is 11.4 Å². The van der Waals surface area contributed by atoms with Gasteiger partial charge in [0.2, 0.25) is 0 Å². The largest absolute Gasteiger partial charge is 0.491 e. The lowest BCUT2D eigenvalue weighted by atomic mass is 9.96. The lowest BCUT2D eigenvalue weighted by molar-refractivity contribution is 0.0697. The molecule has 2 atom stereocenters. The second kappa shape index (κ2) is 10.3. The summed E-state index contributed by atoms with van der Waals surface area (Å²) in [6.07, 6.45) is 1.86. The summed E-state index contributed by atoms with van der Waals surface area (Å²) < 4.78 is 7.86. The maximum Gasteiger partial charge on any atom is 0.337 e. The van der Waals surface area contributed by atoms with E-state index in [1.165, 1.54) is 0 Å². The van der Waals surface area contributed by atoms with E-state index in [1.54, 1.807) is 18.3 Å². The third kappa shape index (κ3) is 4.63. The zero-order valence-corrected chi connectivity index (χ0v) is 22.6. The number of benzene rings is 2. The van der Waals surface area contributed by atoms with Crippen molar-refractivity contribution < 1.29 is 14.6 Å². The molecule has 1 aliphatic heterocycles. The van der Waals surface area contributed by atoms with Crippen molar-refractivity contribution in [1.29, 1.82) is 0 Å². The van der Waals surface area contributed by atoms with Gasteiger partial charge in [-0.1, -0.05) is 18.2 Å². The minimum atomic E-state index is -0.963. The molecule has 0 spiro atoms. The van der Waals surface area contributed by atoms with E-state index in [4.69, 9.17) is 17.0 Å². The average molecular weight is 527 g/mol. The van der Waals surface area contributed by atoms with Crippen LogP contribution in [-0.4, -0.2) is 31.8 Å². The highest BCUT2D eigenvalue weighted by Crippen LogP contribution is 2.44. The fourth-order valence-corrected chi connectivity index (χ4v) is 5.56. The van der Waals surface area contributed by atoms with Gasteiger partial charge < -0.3 is 24.6 Å². The summed E-state index contributed by atoms with van der Waals surface area (Å²) >= 11 is 5.88. The molecule has 0 saturated carbocycles. The number of carbonyl (C=O) groups is 1. The zero-order valence-electron chi connectivity index (χ0n) is 21.8. The second-order valence-corrected chi connectivity index (χ2v) is 10.0. The number of carboxylic acids is 1. The van der Waals surface area contributed by atoms with Gasteiger partial charge >= 0.3 is 5.97 Å². The number of nitrogens with one attached hydrogen (secondary N) is 1. The van der Waals surface area contributed by atoms with E-state index in [0.29, 0.717) is 10.8 Å². The molecule has 38 heavy (non-hydrogen) atoms. The van der Waals surface area contributed by atoms with E-state index in [0.717, 1.165) is 34.1 Å². The van der Waals surface area contributed by atoms with E-state index >= 15 is 0 Å². The number of pyridine rings is 1. The molecule has 8 heteroatoms. The van der Waals surface area contributed by atoms with Crippen LogP contribution in [0.25, 0.3) is 5.69 Å². The SMILES string of the molecule is Cc1cc(C2C(c3ccccn3)NC(=S)N2c2ccc(OC(C)C)cc2)c(C)n1-c1ccccc1C(=O)O. The Labute approximate surface area is 227 Å². The number of ether oxygens (including phenoxy) is 1. The number of hydrogen-bond acceptors (Lipinski definition) is 4. The number of nitrogens with zero attached hydrogens (tertiary/aromatic N) is 3. The predicted molar refractivity (Wildman–Crippen MR) is 152 cm³/mol. The Hall–Kier alpha value is -4.17. The highest BCUT2D eigenvalue weighted by atomic mass is 32.1. The molecule has 0 bridgehead atoms. The molecule has 1 aliphatic rings. The summed E-state index contributed by atoms with van der Waals surface area (Å²) in [5.74, 6) is -0.168. The molecule has 1 fully saturated rings. The molecule has 194 valence electrons. The number of aromatic carboxylic acids is 1. The molecule has 3 heterocycles. The van der Waals surface area contributed by atoms with Gasteiger partial charge in [-0.3, -0.25) is 4.98 Å². The van der Waals surface area contributed by atoms with Gasteiger partial charge in [-0.25, -0.2) is 4.79 Å². The van der Waals surface area contributed by atoms with Crippen molar-refractivity contribution in [2.45, 2.75) is 45.9 Å². The number of hydrogen-bond donors (Lipinski definition) is 2. The average Bonchev–Trinajstić information content (AvgIpc) is 3.39. The van der Waals surface area contributed by atoms with Crippen LogP contribution in [0.4, 0.5) is 5.69 Å². The lowest BCUT2D eigenvalue weighted by Gasteiger charge is -2.28. The number of aromatic nitrogens is 2. The Balaban J connectivity index is 1.65. The molecular formula is C30H30N4O3S. The Morgan fingerprint density at radius 1 is 1.05 bits per heavy atom. The van der Waals surface area contributed by atoms with E-state index in [2.05, 4.69) is 21.3 Å². The van der Waals surface area contributed by atoms with Crippen molar-refractivity contribution in [3.63, 3.8) is 0 Å². The Kier molecular flexibility index (Phi) is 6.91. The van der Waals surface area contributed by atoms with Crippen molar-refractivity contribution in [3.05, 3.63) is 107 Å². The molecule has 1 saturated heterocycles. The van der Waals surface area contributed by atoms with Gasteiger partial charge in [-0.15, -0.1) is 0 Å². The fourth-order valence-electron chi connectivity index (χ4n) is 5.21. The van der Waals surface area contributed by atoms with Crippen molar-refractivity contribution in [2.24, 2.45) is 0 Å². The number of aryl methyl sites for hydroxylation is 1. The first-order valence-corrected chi connectivity index (χ1v) is 13.0. The minimum Gasteiger partial charge on any atom is -0.491 e. The minimum absolute atomic E-state index is 0.0794. The Bertz CT molecular complexity index is 1480. The number of carboxylic acid groups (broad SMARTS) is 1. The molecule has 2 aromatic heterocycles. The lowest BCUT2D eigenvalue weighted by Crippen LogP contribution is -2.29. The molecule has 4 aromatic rings.